The molecule has 7 heteroatoms. The van der Waals surface area contributed by atoms with Crippen LogP contribution >= 0.6 is 27.7 Å². The summed E-state index contributed by atoms with van der Waals surface area (Å²) in [5.74, 6) is 3.38. The summed E-state index contributed by atoms with van der Waals surface area (Å²) in [7, 11) is 0. The Morgan fingerprint density at radius 2 is 1.92 bits per heavy atom. The second kappa shape index (κ2) is 7.49. The molecule has 1 aromatic heterocycles. The van der Waals surface area contributed by atoms with Crippen molar-refractivity contribution < 1.29 is 14.0 Å². The van der Waals surface area contributed by atoms with Gasteiger partial charge in [0.1, 0.15) is 0 Å². The molecule has 1 aliphatic heterocycles. The van der Waals surface area contributed by atoms with E-state index in [1.807, 2.05) is 42.5 Å². The van der Waals surface area contributed by atoms with Crippen LogP contribution in [-0.4, -0.2) is 23.4 Å². The maximum Gasteiger partial charge on any atom is 0.237 e. The molecule has 0 aliphatic carbocycles. The molecule has 0 spiro atoms. The number of hydrogen-bond donors (Lipinski definition) is 0. The van der Waals surface area contributed by atoms with Gasteiger partial charge in [0, 0.05) is 21.4 Å². The van der Waals surface area contributed by atoms with Crippen molar-refractivity contribution in [2.24, 2.45) is 0 Å². The largest absolute Gasteiger partial charge is 0.490 e. The normalized spacial score (nSPS) is 13.5. The fourth-order valence-electron chi connectivity index (χ4n) is 2.44. The van der Waals surface area contributed by atoms with Crippen molar-refractivity contribution in [2.45, 2.75) is 17.1 Å². The van der Waals surface area contributed by atoms with Gasteiger partial charge in [0.2, 0.25) is 11.7 Å². The monoisotopic (exact) mass is 418 g/mol. The summed E-state index contributed by atoms with van der Waals surface area (Å²) in [6.07, 6.45) is 0.900. The first-order valence-electron chi connectivity index (χ1n) is 7.89. The van der Waals surface area contributed by atoms with Gasteiger partial charge >= 0.3 is 0 Å². The van der Waals surface area contributed by atoms with Crippen molar-refractivity contribution in [3.63, 3.8) is 0 Å². The SMILES string of the molecule is Brc1cccc(-c2noc(CSc3ccc4c(c3)OCCCO4)n2)c1. The number of ether oxygens (including phenoxy) is 2. The van der Waals surface area contributed by atoms with Crippen LogP contribution in [0, 0.1) is 0 Å². The van der Waals surface area contributed by atoms with Gasteiger partial charge < -0.3 is 14.0 Å². The molecule has 0 bridgehead atoms. The summed E-state index contributed by atoms with van der Waals surface area (Å²) < 4.78 is 17.7. The lowest BCUT2D eigenvalue weighted by atomic mass is 10.2. The molecule has 4 rings (SSSR count). The van der Waals surface area contributed by atoms with Crippen LogP contribution < -0.4 is 9.47 Å². The molecule has 0 radical (unpaired) electrons. The Morgan fingerprint density at radius 3 is 2.80 bits per heavy atom. The van der Waals surface area contributed by atoms with Crippen LogP contribution in [0.1, 0.15) is 12.3 Å². The fourth-order valence-corrected chi connectivity index (χ4v) is 3.60. The van der Waals surface area contributed by atoms with E-state index in [-0.39, 0.29) is 0 Å². The highest BCUT2D eigenvalue weighted by Crippen LogP contribution is 2.35. The van der Waals surface area contributed by atoms with Crippen molar-refractivity contribution in [3.8, 4) is 22.9 Å². The molecule has 0 atom stereocenters. The van der Waals surface area contributed by atoms with E-state index in [9.17, 15) is 0 Å². The Labute approximate surface area is 157 Å². The zero-order chi connectivity index (χ0) is 17.1. The van der Waals surface area contributed by atoms with Gasteiger partial charge in [0.25, 0.3) is 0 Å². The average Bonchev–Trinajstić information content (AvgIpc) is 2.98. The summed E-state index contributed by atoms with van der Waals surface area (Å²) >= 11 is 5.07. The lowest BCUT2D eigenvalue weighted by Crippen LogP contribution is -1.97. The van der Waals surface area contributed by atoms with Gasteiger partial charge in [-0.1, -0.05) is 33.2 Å². The zero-order valence-corrected chi connectivity index (χ0v) is 15.7. The molecule has 0 saturated carbocycles. The van der Waals surface area contributed by atoms with E-state index >= 15 is 0 Å². The highest BCUT2D eigenvalue weighted by molar-refractivity contribution is 9.10. The number of aromatic nitrogens is 2. The minimum absolute atomic E-state index is 0.590. The molecule has 0 N–H and O–H groups in total. The molecule has 0 saturated heterocycles. The number of fused-ring (bicyclic) bond motifs is 1. The molecule has 3 aromatic rings. The highest BCUT2D eigenvalue weighted by Gasteiger charge is 2.13. The van der Waals surface area contributed by atoms with Crippen LogP contribution in [0.2, 0.25) is 0 Å². The Balaban J connectivity index is 1.44. The van der Waals surface area contributed by atoms with Crippen LogP contribution in [0.15, 0.2) is 56.4 Å². The number of thioether (sulfide) groups is 1. The molecule has 1 aliphatic rings. The van der Waals surface area contributed by atoms with Crippen molar-refractivity contribution >= 4 is 27.7 Å². The fraction of sp³-hybridized carbons (Fsp3) is 0.222. The Hall–Kier alpha value is -1.99. The van der Waals surface area contributed by atoms with Gasteiger partial charge in [-0.05, 0) is 30.3 Å². The van der Waals surface area contributed by atoms with Gasteiger partial charge in [-0.25, -0.2) is 0 Å². The smallest absolute Gasteiger partial charge is 0.237 e. The van der Waals surface area contributed by atoms with E-state index in [1.54, 1.807) is 11.8 Å². The van der Waals surface area contributed by atoms with E-state index in [1.165, 1.54) is 0 Å². The van der Waals surface area contributed by atoms with Crippen molar-refractivity contribution in [2.75, 3.05) is 13.2 Å². The standard InChI is InChI=1S/C18H15BrN2O3S/c19-13-4-1-3-12(9-13)18-20-17(24-21-18)11-25-14-5-6-15-16(10-14)23-8-2-7-22-15/h1,3-6,9-10H,2,7-8,11H2. The van der Waals surface area contributed by atoms with Gasteiger partial charge in [0.15, 0.2) is 11.5 Å². The third-order valence-corrected chi connectivity index (χ3v) is 5.10. The van der Waals surface area contributed by atoms with Gasteiger partial charge in [-0.2, -0.15) is 4.98 Å². The van der Waals surface area contributed by atoms with Gasteiger partial charge in [-0.15, -0.1) is 11.8 Å². The Kier molecular flexibility index (Phi) is 4.94. The zero-order valence-electron chi connectivity index (χ0n) is 13.3. The number of benzene rings is 2. The Morgan fingerprint density at radius 1 is 1.04 bits per heavy atom. The third-order valence-electron chi connectivity index (χ3n) is 3.63. The van der Waals surface area contributed by atoms with E-state index in [4.69, 9.17) is 14.0 Å². The quantitative estimate of drug-likeness (QED) is 0.558. The van der Waals surface area contributed by atoms with Gasteiger partial charge in [0.05, 0.1) is 19.0 Å². The number of halogens is 1. The first kappa shape index (κ1) is 16.5. The van der Waals surface area contributed by atoms with Gasteiger partial charge in [-0.3, -0.25) is 0 Å². The number of hydrogen-bond acceptors (Lipinski definition) is 6. The maximum absolute atomic E-state index is 5.72. The van der Waals surface area contributed by atoms with Crippen molar-refractivity contribution in [3.05, 3.63) is 52.8 Å². The summed E-state index contributed by atoms with van der Waals surface area (Å²) in [5.41, 5.74) is 0.921. The highest BCUT2D eigenvalue weighted by atomic mass is 79.9. The molecule has 2 aromatic carbocycles. The first-order valence-corrected chi connectivity index (χ1v) is 9.67. The van der Waals surface area contributed by atoms with Crippen LogP contribution in [0.3, 0.4) is 0 Å². The summed E-state index contributed by atoms with van der Waals surface area (Å²) in [5, 5.41) is 4.06. The molecule has 128 valence electrons. The molecule has 0 fully saturated rings. The summed E-state index contributed by atoms with van der Waals surface area (Å²) in [6.45, 7) is 1.38. The minimum atomic E-state index is 0.590. The Bertz CT molecular complexity index is 884. The lowest BCUT2D eigenvalue weighted by Gasteiger charge is -2.08. The van der Waals surface area contributed by atoms with E-state index in [0.29, 0.717) is 30.7 Å². The molecule has 5 nitrogen and oxygen atoms in total. The maximum atomic E-state index is 5.72. The minimum Gasteiger partial charge on any atom is -0.490 e. The first-order chi connectivity index (χ1) is 12.3. The molecule has 2 heterocycles. The molecule has 0 amide bonds. The molecule has 0 unspecified atom stereocenters. The summed E-state index contributed by atoms with van der Waals surface area (Å²) in [6, 6.07) is 13.8. The van der Waals surface area contributed by atoms with E-state index < -0.39 is 0 Å². The van der Waals surface area contributed by atoms with Crippen LogP contribution in [0.25, 0.3) is 11.4 Å². The molecular formula is C18H15BrN2O3S. The van der Waals surface area contributed by atoms with Crippen LogP contribution in [-0.2, 0) is 5.75 Å². The van der Waals surface area contributed by atoms with Crippen molar-refractivity contribution in [1.82, 2.24) is 10.1 Å². The van der Waals surface area contributed by atoms with Crippen LogP contribution in [0.5, 0.6) is 11.5 Å². The molecular weight excluding hydrogens is 404 g/mol. The third kappa shape index (κ3) is 3.99. The number of nitrogens with zero attached hydrogens (tertiary/aromatic N) is 2. The lowest BCUT2D eigenvalue weighted by molar-refractivity contribution is 0.297. The predicted molar refractivity (Wildman–Crippen MR) is 99.0 cm³/mol. The van der Waals surface area contributed by atoms with E-state index in [2.05, 4.69) is 26.1 Å². The second-order valence-corrected chi connectivity index (χ2v) is 7.43. The average molecular weight is 419 g/mol. The number of rotatable bonds is 4. The van der Waals surface area contributed by atoms with E-state index in [0.717, 1.165) is 32.9 Å². The molecule has 25 heavy (non-hydrogen) atoms. The van der Waals surface area contributed by atoms with Crippen molar-refractivity contribution in [1.29, 1.82) is 0 Å². The second-order valence-electron chi connectivity index (χ2n) is 5.47. The topological polar surface area (TPSA) is 57.4 Å². The van der Waals surface area contributed by atoms with Crippen LogP contribution in [0.4, 0.5) is 0 Å². The summed E-state index contributed by atoms with van der Waals surface area (Å²) in [4.78, 5) is 5.54. The predicted octanol–water partition coefficient (Wildman–Crippen LogP) is 4.95.